The maximum absolute atomic E-state index is 12.2. The van der Waals surface area contributed by atoms with Gasteiger partial charge in [0.05, 0.1) is 6.26 Å². The summed E-state index contributed by atoms with van der Waals surface area (Å²) < 4.78 is 24.4. The van der Waals surface area contributed by atoms with Crippen LogP contribution < -0.4 is 5.32 Å². The first-order valence-corrected chi connectivity index (χ1v) is 7.86. The van der Waals surface area contributed by atoms with Crippen LogP contribution in [0.15, 0.2) is 30.3 Å². The van der Waals surface area contributed by atoms with Crippen LogP contribution in [-0.4, -0.2) is 38.0 Å². The lowest BCUT2D eigenvalue weighted by Crippen LogP contribution is -2.43. The molecule has 106 valence electrons. The van der Waals surface area contributed by atoms with E-state index in [2.05, 4.69) is 5.32 Å². The second-order valence-corrected chi connectivity index (χ2v) is 6.80. The maximum atomic E-state index is 12.2. The van der Waals surface area contributed by atoms with Gasteiger partial charge in [-0.2, -0.15) is 4.31 Å². The molecule has 0 saturated heterocycles. The first-order valence-electron chi connectivity index (χ1n) is 6.02. The van der Waals surface area contributed by atoms with Gasteiger partial charge in [-0.3, -0.25) is 4.79 Å². The third-order valence-corrected chi connectivity index (χ3v) is 3.94. The molecule has 0 aliphatic heterocycles. The van der Waals surface area contributed by atoms with Crippen LogP contribution >= 0.6 is 0 Å². The van der Waals surface area contributed by atoms with Gasteiger partial charge >= 0.3 is 0 Å². The third-order valence-electron chi connectivity index (χ3n) is 2.68. The zero-order valence-electron chi connectivity index (χ0n) is 11.6. The standard InChI is InChI=1S/C13H20N2O3S/c1-10(2)14-13(16)12(15(3)19(4,17)18)11-8-6-5-7-9-11/h5-10,12H,1-4H3,(H,14,16)/t12-/m0/s1. The molecule has 1 N–H and O–H groups in total. The van der Waals surface area contributed by atoms with Crippen LogP contribution in [0, 0.1) is 0 Å². The van der Waals surface area contributed by atoms with E-state index in [1.165, 1.54) is 7.05 Å². The third kappa shape index (κ3) is 4.33. The summed E-state index contributed by atoms with van der Waals surface area (Å²) in [4.78, 5) is 12.2. The van der Waals surface area contributed by atoms with Crippen LogP contribution in [0.5, 0.6) is 0 Å². The molecule has 0 aromatic heterocycles. The van der Waals surface area contributed by atoms with Crippen molar-refractivity contribution in [2.24, 2.45) is 0 Å². The molecule has 0 radical (unpaired) electrons. The van der Waals surface area contributed by atoms with Gasteiger partial charge in [0.1, 0.15) is 6.04 Å². The number of benzene rings is 1. The summed E-state index contributed by atoms with van der Waals surface area (Å²) in [7, 11) is -2.05. The van der Waals surface area contributed by atoms with E-state index in [0.29, 0.717) is 5.56 Å². The fraction of sp³-hybridized carbons (Fsp3) is 0.462. The summed E-state index contributed by atoms with van der Waals surface area (Å²) in [6.07, 6.45) is 1.09. The summed E-state index contributed by atoms with van der Waals surface area (Å²) in [6, 6.07) is 7.97. The number of likely N-dealkylation sites (N-methyl/N-ethyl adjacent to an activating group) is 1. The molecule has 0 saturated carbocycles. The van der Waals surface area contributed by atoms with Gasteiger partial charge < -0.3 is 5.32 Å². The molecule has 19 heavy (non-hydrogen) atoms. The number of sulfonamides is 1. The monoisotopic (exact) mass is 284 g/mol. The summed E-state index contributed by atoms with van der Waals surface area (Å²) in [6.45, 7) is 3.67. The van der Waals surface area contributed by atoms with Gasteiger partial charge in [0.25, 0.3) is 0 Å². The Balaban J connectivity index is 3.16. The number of nitrogens with zero attached hydrogens (tertiary/aromatic N) is 1. The Bertz CT molecular complexity index is 526. The highest BCUT2D eigenvalue weighted by atomic mass is 32.2. The Morgan fingerprint density at radius 1 is 1.21 bits per heavy atom. The summed E-state index contributed by atoms with van der Waals surface area (Å²) >= 11 is 0. The second kappa shape index (κ2) is 6.16. The largest absolute Gasteiger partial charge is 0.352 e. The van der Waals surface area contributed by atoms with Gasteiger partial charge in [0.2, 0.25) is 15.9 Å². The molecule has 0 spiro atoms. The molecule has 1 amide bonds. The van der Waals surface area contributed by atoms with Gasteiger partial charge in [0.15, 0.2) is 0 Å². The molecule has 1 aromatic carbocycles. The molecule has 1 atom stereocenters. The number of rotatable bonds is 5. The molecular formula is C13H20N2O3S. The van der Waals surface area contributed by atoms with Gasteiger partial charge in [0, 0.05) is 13.1 Å². The van der Waals surface area contributed by atoms with Crippen molar-refractivity contribution < 1.29 is 13.2 Å². The normalized spacial score (nSPS) is 13.6. The Labute approximate surface area is 114 Å². The van der Waals surface area contributed by atoms with Crippen molar-refractivity contribution in [3.8, 4) is 0 Å². The lowest BCUT2D eigenvalue weighted by atomic mass is 10.1. The van der Waals surface area contributed by atoms with E-state index < -0.39 is 16.1 Å². The van der Waals surface area contributed by atoms with Gasteiger partial charge in [-0.15, -0.1) is 0 Å². The highest BCUT2D eigenvalue weighted by Gasteiger charge is 2.30. The number of hydrogen-bond acceptors (Lipinski definition) is 3. The molecule has 5 nitrogen and oxygen atoms in total. The first-order chi connectivity index (χ1) is 8.73. The number of hydrogen-bond donors (Lipinski definition) is 1. The van der Waals surface area contributed by atoms with Crippen LogP contribution in [0.2, 0.25) is 0 Å². The van der Waals surface area contributed by atoms with E-state index >= 15 is 0 Å². The Hall–Kier alpha value is -1.40. The van der Waals surface area contributed by atoms with Crippen molar-refractivity contribution in [3.63, 3.8) is 0 Å². The molecule has 6 heteroatoms. The highest BCUT2D eigenvalue weighted by Crippen LogP contribution is 2.21. The van der Waals surface area contributed by atoms with Crippen LogP contribution in [0.4, 0.5) is 0 Å². The Morgan fingerprint density at radius 3 is 2.16 bits per heavy atom. The minimum Gasteiger partial charge on any atom is -0.352 e. The Morgan fingerprint density at radius 2 is 1.74 bits per heavy atom. The summed E-state index contributed by atoms with van der Waals surface area (Å²) in [5.74, 6) is -0.325. The molecule has 0 bridgehead atoms. The van der Waals surface area contributed by atoms with Crippen LogP contribution in [0.3, 0.4) is 0 Å². The second-order valence-electron chi connectivity index (χ2n) is 4.76. The summed E-state index contributed by atoms with van der Waals surface area (Å²) in [5.41, 5.74) is 0.647. The quantitative estimate of drug-likeness (QED) is 0.882. The van der Waals surface area contributed by atoms with E-state index in [1.807, 2.05) is 19.9 Å². The zero-order chi connectivity index (χ0) is 14.6. The fourth-order valence-electron chi connectivity index (χ4n) is 1.72. The van der Waals surface area contributed by atoms with E-state index in [9.17, 15) is 13.2 Å². The average molecular weight is 284 g/mol. The predicted molar refractivity (Wildman–Crippen MR) is 75.1 cm³/mol. The van der Waals surface area contributed by atoms with Crippen molar-refractivity contribution in [2.45, 2.75) is 25.9 Å². The van der Waals surface area contributed by atoms with E-state index in [0.717, 1.165) is 10.6 Å². The van der Waals surface area contributed by atoms with Gasteiger partial charge in [-0.1, -0.05) is 30.3 Å². The number of carbonyl (C=O) groups is 1. The first kappa shape index (κ1) is 15.7. The molecule has 1 rings (SSSR count). The topological polar surface area (TPSA) is 66.5 Å². The van der Waals surface area contributed by atoms with Crippen molar-refractivity contribution in [1.29, 1.82) is 0 Å². The molecule has 0 fully saturated rings. The van der Waals surface area contributed by atoms with E-state index in [-0.39, 0.29) is 11.9 Å². The van der Waals surface area contributed by atoms with Crippen molar-refractivity contribution in [2.75, 3.05) is 13.3 Å². The maximum Gasteiger partial charge on any atom is 0.243 e. The van der Waals surface area contributed by atoms with Crippen LogP contribution in [0.1, 0.15) is 25.5 Å². The van der Waals surface area contributed by atoms with Crippen molar-refractivity contribution in [3.05, 3.63) is 35.9 Å². The molecule has 0 heterocycles. The fourth-order valence-corrected chi connectivity index (χ4v) is 2.32. The molecule has 0 aliphatic rings. The van der Waals surface area contributed by atoms with Gasteiger partial charge in [-0.25, -0.2) is 8.42 Å². The minimum absolute atomic E-state index is 0.0494. The highest BCUT2D eigenvalue weighted by molar-refractivity contribution is 7.88. The number of carbonyl (C=O) groups excluding carboxylic acids is 1. The number of amides is 1. The van der Waals surface area contributed by atoms with Crippen molar-refractivity contribution in [1.82, 2.24) is 9.62 Å². The molecule has 0 aliphatic carbocycles. The number of nitrogens with one attached hydrogen (secondary N) is 1. The average Bonchev–Trinajstić information content (AvgIpc) is 2.28. The van der Waals surface area contributed by atoms with E-state index in [1.54, 1.807) is 24.3 Å². The molecule has 0 unspecified atom stereocenters. The summed E-state index contributed by atoms with van der Waals surface area (Å²) in [5, 5.41) is 2.75. The lowest BCUT2D eigenvalue weighted by Gasteiger charge is -2.26. The Kier molecular flexibility index (Phi) is 5.08. The SMILES string of the molecule is CC(C)NC(=O)[C@H](c1ccccc1)N(C)S(C)(=O)=O. The van der Waals surface area contributed by atoms with E-state index in [4.69, 9.17) is 0 Å². The van der Waals surface area contributed by atoms with Crippen LogP contribution in [-0.2, 0) is 14.8 Å². The minimum atomic E-state index is -3.46. The van der Waals surface area contributed by atoms with Crippen LogP contribution in [0.25, 0.3) is 0 Å². The lowest BCUT2D eigenvalue weighted by molar-refractivity contribution is -0.125. The molecular weight excluding hydrogens is 264 g/mol. The predicted octanol–water partition coefficient (Wildman–Crippen LogP) is 1.14. The van der Waals surface area contributed by atoms with Crippen molar-refractivity contribution >= 4 is 15.9 Å². The molecule has 1 aromatic rings. The zero-order valence-corrected chi connectivity index (χ0v) is 12.4. The smallest absolute Gasteiger partial charge is 0.243 e. The van der Waals surface area contributed by atoms with Gasteiger partial charge in [-0.05, 0) is 19.4 Å².